The summed E-state index contributed by atoms with van der Waals surface area (Å²) in [5, 5.41) is 2.66. The molecule has 11 heteroatoms. The second kappa shape index (κ2) is 11.9. The summed E-state index contributed by atoms with van der Waals surface area (Å²) in [4.78, 5) is 26.0. The highest BCUT2D eigenvalue weighted by molar-refractivity contribution is 5.83. The smallest absolute Gasteiger partial charge is 0.352 e. The molecule has 3 rings (SSSR count). The lowest BCUT2D eigenvalue weighted by molar-refractivity contribution is -0.299. The third kappa shape index (κ3) is 7.38. The van der Waals surface area contributed by atoms with Crippen LogP contribution in [0.2, 0.25) is 0 Å². The predicted molar refractivity (Wildman–Crippen MR) is 125 cm³/mol. The molecule has 0 spiro atoms. The highest BCUT2D eigenvalue weighted by Crippen LogP contribution is 2.47. The fourth-order valence-electron chi connectivity index (χ4n) is 5.63. The molecule has 1 saturated heterocycles. The molecule has 0 aromatic heterocycles. The number of piperidine rings is 1. The zero-order valence-electron chi connectivity index (χ0n) is 21.5. The summed E-state index contributed by atoms with van der Waals surface area (Å²) < 4.78 is 79.2. The molecule has 2 aliphatic rings. The van der Waals surface area contributed by atoms with Crippen molar-refractivity contribution in [3.8, 4) is 0 Å². The molecule has 1 N–H and O–H groups in total. The van der Waals surface area contributed by atoms with Crippen molar-refractivity contribution in [1.82, 2.24) is 10.2 Å². The molecular formula is C26H36F6N2O3. The van der Waals surface area contributed by atoms with E-state index in [2.05, 4.69) is 10.2 Å². The first kappa shape index (κ1) is 29.7. The lowest BCUT2D eigenvalue weighted by atomic mass is 9.74. The van der Waals surface area contributed by atoms with Crippen LogP contribution in [0.25, 0.3) is 0 Å². The molecule has 1 saturated carbocycles. The maximum atomic E-state index is 13.4. The number of hydrogen-bond acceptors (Lipinski definition) is 4. The van der Waals surface area contributed by atoms with E-state index in [1.54, 1.807) is 0 Å². The number of carbonyl (C=O) groups excluding carboxylic acids is 1. The largest absolute Gasteiger partial charge is 0.416 e. The van der Waals surface area contributed by atoms with Crippen LogP contribution in [0.1, 0.15) is 69.6 Å². The van der Waals surface area contributed by atoms with Gasteiger partial charge in [-0.15, -0.1) is 0 Å². The van der Waals surface area contributed by atoms with Crippen LogP contribution in [0.4, 0.5) is 26.3 Å². The highest BCUT2D eigenvalue weighted by Gasteiger charge is 2.49. The molecule has 1 heterocycles. The van der Waals surface area contributed by atoms with Crippen molar-refractivity contribution < 1.29 is 40.9 Å². The van der Waals surface area contributed by atoms with Gasteiger partial charge in [-0.05, 0) is 81.2 Å². The number of carbonyl (C=O) groups is 1. The standard InChI is InChI=1S/C26H36F6N2O3/c1-4-36-37-16-18-6-5-9-34(15-18)22-7-8-24(13-22,17(2)3)23(35)33-14-19-10-20(25(27,28)29)12-21(11-19)26(30,31)32/h10-12,17-18,22H,4-9,13-16H2,1-3H3,(H,33,35). The summed E-state index contributed by atoms with van der Waals surface area (Å²) in [6, 6.07) is 1.59. The Morgan fingerprint density at radius 1 is 1.08 bits per heavy atom. The van der Waals surface area contributed by atoms with Crippen LogP contribution in [0.5, 0.6) is 0 Å². The Balaban J connectivity index is 1.69. The number of nitrogens with zero attached hydrogens (tertiary/aromatic N) is 1. The third-order valence-corrected chi connectivity index (χ3v) is 7.75. The molecular weight excluding hydrogens is 502 g/mol. The van der Waals surface area contributed by atoms with E-state index in [0.29, 0.717) is 44.1 Å². The Kier molecular flexibility index (Phi) is 9.56. The van der Waals surface area contributed by atoms with Crippen molar-refractivity contribution in [3.05, 3.63) is 34.9 Å². The molecule has 3 unspecified atom stereocenters. The van der Waals surface area contributed by atoms with Gasteiger partial charge in [0.15, 0.2) is 0 Å². The van der Waals surface area contributed by atoms with E-state index in [9.17, 15) is 31.1 Å². The molecule has 0 radical (unpaired) electrons. The van der Waals surface area contributed by atoms with Gasteiger partial charge in [-0.25, -0.2) is 9.78 Å². The second-order valence-electron chi connectivity index (χ2n) is 10.5. The third-order valence-electron chi connectivity index (χ3n) is 7.75. The first-order chi connectivity index (χ1) is 17.3. The Hall–Kier alpha value is -1.85. The Morgan fingerprint density at radius 3 is 2.30 bits per heavy atom. The highest BCUT2D eigenvalue weighted by atomic mass is 19.4. The van der Waals surface area contributed by atoms with Gasteiger partial charge in [0.25, 0.3) is 0 Å². The maximum Gasteiger partial charge on any atom is 0.416 e. The van der Waals surface area contributed by atoms with Crippen molar-refractivity contribution in [2.75, 3.05) is 26.3 Å². The number of halogens is 6. The van der Waals surface area contributed by atoms with Crippen molar-refractivity contribution in [3.63, 3.8) is 0 Å². The monoisotopic (exact) mass is 538 g/mol. The molecule has 1 aromatic carbocycles. The van der Waals surface area contributed by atoms with Gasteiger partial charge in [0.1, 0.15) is 0 Å². The Bertz CT molecular complexity index is 888. The topological polar surface area (TPSA) is 50.8 Å². The van der Waals surface area contributed by atoms with E-state index < -0.39 is 35.4 Å². The fourth-order valence-corrected chi connectivity index (χ4v) is 5.63. The lowest BCUT2D eigenvalue weighted by Gasteiger charge is -2.38. The van der Waals surface area contributed by atoms with E-state index in [4.69, 9.17) is 9.78 Å². The molecule has 1 aromatic rings. The molecule has 1 amide bonds. The minimum atomic E-state index is -4.93. The minimum absolute atomic E-state index is 0.0494. The minimum Gasteiger partial charge on any atom is -0.352 e. The Morgan fingerprint density at radius 2 is 1.73 bits per heavy atom. The average molecular weight is 539 g/mol. The van der Waals surface area contributed by atoms with Crippen molar-refractivity contribution in [2.45, 2.75) is 77.8 Å². The summed E-state index contributed by atoms with van der Waals surface area (Å²) in [5.74, 6) is -0.0530. The predicted octanol–water partition coefficient (Wildman–Crippen LogP) is 6.22. The Labute approximate surface area is 213 Å². The summed E-state index contributed by atoms with van der Waals surface area (Å²) in [6.07, 6.45) is -5.83. The fraction of sp³-hybridized carbons (Fsp3) is 0.731. The zero-order chi connectivity index (χ0) is 27.4. The van der Waals surface area contributed by atoms with Gasteiger partial charge in [-0.2, -0.15) is 26.3 Å². The maximum absolute atomic E-state index is 13.4. The number of nitrogens with one attached hydrogen (secondary N) is 1. The van der Waals surface area contributed by atoms with E-state index >= 15 is 0 Å². The normalized spacial score (nSPS) is 25.6. The number of alkyl halides is 6. The number of amides is 1. The first-order valence-corrected chi connectivity index (χ1v) is 12.8. The first-order valence-electron chi connectivity index (χ1n) is 12.8. The second-order valence-corrected chi connectivity index (χ2v) is 10.5. The van der Waals surface area contributed by atoms with E-state index in [1.807, 2.05) is 20.8 Å². The summed E-state index contributed by atoms with van der Waals surface area (Å²) >= 11 is 0. The van der Waals surface area contributed by atoms with Gasteiger partial charge in [-0.3, -0.25) is 9.69 Å². The zero-order valence-corrected chi connectivity index (χ0v) is 21.5. The van der Waals surface area contributed by atoms with E-state index in [1.165, 1.54) is 0 Å². The average Bonchev–Trinajstić information content (AvgIpc) is 3.29. The van der Waals surface area contributed by atoms with E-state index in [0.717, 1.165) is 32.4 Å². The molecule has 0 bridgehead atoms. The number of likely N-dealkylation sites (tertiary alicyclic amines) is 1. The van der Waals surface area contributed by atoms with Crippen molar-refractivity contribution in [1.29, 1.82) is 0 Å². The van der Waals surface area contributed by atoms with Crippen molar-refractivity contribution >= 4 is 5.91 Å². The van der Waals surface area contributed by atoms with Gasteiger partial charge in [0.05, 0.1) is 29.8 Å². The summed E-state index contributed by atoms with van der Waals surface area (Å²) in [5.41, 5.74) is -3.76. The number of benzene rings is 1. The van der Waals surface area contributed by atoms with Crippen LogP contribution in [0.3, 0.4) is 0 Å². The van der Waals surface area contributed by atoms with Gasteiger partial charge in [0, 0.05) is 19.1 Å². The number of rotatable bonds is 9. The van der Waals surface area contributed by atoms with Crippen LogP contribution in [0.15, 0.2) is 18.2 Å². The summed E-state index contributed by atoms with van der Waals surface area (Å²) in [7, 11) is 0. The summed E-state index contributed by atoms with van der Waals surface area (Å²) in [6.45, 7) is 8.03. The molecule has 1 aliphatic heterocycles. The molecule has 210 valence electrons. The SMILES string of the molecule is CCOOCC1CCCN(C2CCC(C(=O)NCc3cc(C(F)(F)F)cc(C(F)(F)F)c3)(C(C)C)C2)C1. The van der Waals surface area contributed by atoms with Crippen LogP contribution >= 0.6 is 0 Å². The molecule has 37 heavy (non-hydrogen) atoms. The molecule has 5 nitrogen and oxygen atoms in total. The van der Waals surface area contributed by atoms with Crippen LogP contribution in [0, 0.1) is 17.3 Å². The van der Waals surface area contributed by atoms with Crippen LogP contribution < -0.4 is 5.32 Å². The van der Waals surface area contributed by atoms with Gasteiger partial charge < -0.3 is 5.32 Å². The van der Waals surface area contributed by atoms with Crippen LogP contribution in [-0.2, 0) is 33.5 Å². The van der Waals surface area contributed by atoms with Gasteiger partial charge >= 0.3 is 12.4 Å². The van der Waals surface area contributed by atoms with Crippen LogP contribution in [-0.4, -0.2) is 43.2 Å². The van der Waals surface area contributed by atoms with Gasteiger partial charge in [0.2, 0.25) is 5.91 Å². The number of hydrogen-bond donors (Lipinski definition) is 1. The van der Waals surface area contributed by atoms with E-state index in [-0.39, 0.29) is 29.5 Å². The quantitative estimate of drug-likeness (QED) is 0.176. The van der Waals surface area contributed by atoms with Gasteiger partial charge in [-0.1, -0.05) is 13.8 Å². The lowest BCUT2D eigenvalue weighted by Crippen LogP contribution is -2.46. The molecule has 2 fully saturated rings. The molecule has 1 aliphatic carbocycles. The van der Waals surface area contributed by atoms with Crippen molar-refractivity contribution in [2.24, 2.45) is 17.3 Å². The molecule has 3 atom stereocenters.